The van der Waals surface area contributed by atoms with Gasteiger partial charge in [0.1, 0.15) is 11.4 Å². The normalized spacial score (nSPS) is 19.2. The summed E-state index contributed by atoms with van der Waals surface area (Å²) in [7, 11) is 0. The fourth-order valence-electron chi connectivity index (χ4n) is 2.88. The summed E-state index contributed by atoms with van der Waals surface area (Å²) in [4.78, 5) is 13.5. The first-order valence-corrected chi connectivity index (χ1v) is 9.07. The lowest BCUT2D eigenvalue weighted by atomic mass is 9.88. The van der Waals surface area contributed by atoms with E-state index in [-0.39, 0.29) is 12.5 Å². The van der Waals surface area contributed by atoms with E-state index in [0.717, 1.165) is 16.2 Å². The Labute approximate surface area is 146 Å². The molecule has 2 aromatic rings. The van der Waals surface area contributed by atoms with Crippen LogP contribution in [0.3, 0.4) is 0 Å². The number of amides is 1. The number of nitrogens with one attached hydrogen (secondary N) is 1. The van der Waals surface area contributed by atoms with Crippen molar-refractivity contribution in [1.82, 2.24) is 5.32 Å². The van der Waals surface area contributed by atoms with Crippen molar-refractivity contribution in [3.05, 3.63) is 59.7 Å². The van der Waals surface area contributed by atoms with Gasteiger partial charge in [-0.1, -0.05) is 37.3 Å². The number of hydrogen-bond donors (Lipinski definition) is 2. The first-order valence-electron chi connectivity index (χ1n) is 8.09. The van der Waals surface area contributed by atoms with Gasteiger partial charge in [-0.15, -0.1) is 11.8 Å². The number of hydrogen-bond acceptors (Lipinski definition) is 4. The third-order valence-electron chi connectivity index (χ3n) is 4.13. The van der Waals surface area contributed by atoms with Gasteiger partial charge in [0, 0.05) is 16.9 Å². The number of thioether (sulfide) groups is 1. The molecule has 0 aliphatic carbocycles. The summed E-state index contributed by atoms with van der Waals surface area (Å²) in [6.07, 6.45) is 0.454. The van der Waals surface area contributed by atoms with E-state index in [0.29, 0.717) is 24.3 Å². The number of carbonyl (C=O) groups is 1. The van der Waals surface area contributed by atoms with E-state index >= 15 is 0 Å². The maximum Gasteiger partial charge on any atom is 0.252 e. The summed E-state index contributed by atoms with van der Waals surface area (Å²) < 4.78 is 5.59. The lowest BCUT2D eigenvalue weighted by molar-refractivity contribution is -0.00163. The van der Waals surface area contributed by atoms with Crippen LogP contribution >= 0.6 is 11.8 Å². The van der Waals surface area contributed by atoms with Crippen molar-refractivity contribution in [2.24, 2.45) is 0 Å². The molecular weight excluding hydrogens is 322 g/mol. The molecule has 1 amide bonds. The van der Waals surface area contributed by atoms with Gasteiger partial charge in [0.25, 0.3) is 5.91 Å². The molecule has 0 aromatic heterocycles. The molecule has 1 aliphatic heterocycles. The molecule has 0 saturated carbocycles. The third kappa shape index (κ3) is 3.42. The smallest absolute Gasteiger partial charge is 0.252 e. The van der Waals surface area contributed by atoms with Crippen molar-refractivity contribution in [3.8, 4) is 5.75 Å². The Bertz CT molecular complexity index is 734. The second-order valence-corrected chi connectivity index (χ2v) is 7.04. The SMILES string of the molecule is CCSc1ccccc1C(=O)NC[C@]1(O)CCOc2ccccc21. The maximum absolute atomic E-state index is 12.6. The van der Waals surface area contributed by atoms with Gasteiger partial charge in [-0.3, -0.25) is 4.79 Å². The van der Waals surface area contributed by atoms with Crippen molar-refractivity contribution >= 4 is 17.7 Å². The standard InChI is InChI=1S/C19H21NO3S/c1-2-24-17-10-6-3-7-14(17)18(21)20-13-19(22)11-12-23-16-9-5-4-8-15(16)19/h3-10,22H,2,11-13H2,1H3,(H,20,21)/t19-/m1/s1. The van der Waals surface area contributed by atoms with Crippen LogP contribution in [0.15, 0.2) is 53.4 Å². The molecule has 0 unspecified atom stereocenters. The van der Waals surface area contributed by atoms with Gasteiger partial charge < -0.3 is 15.2 Å². The minimum Gasteiger partial charge on any atom is -0.493 e. The van der Waals surface area contributed by atoms with Gasteiger partial charge >= 0.3 is 0 Å². The highest BCUT2D eigenvalue weighted by atomic mass is 32.2. The first kappa shape index (κ1) is 16.9. The summed E-state index contributed by atoms with van der Waals surface area (Å²) in [5.41, 5.74) is 0.276. The fourth-order valence-corrected chi connectivity index (χ4v) is 3.68. The van der Waals surface area contributed by atoms with Crippen LogP contribution in [0.2, 0.25) is 0 Å². The van der Waals surface area contributed by atoms with E-state index in [1.807, 2.05) is 48.5 Å². The van der Waals surface area contributed by atoms with Crippen molar-refractivity contribution in [2.75, 3.05) is 18.9 Å². The third-order valence-corrected chi connectivity index (χ3v) is 5.09. The number of aliphatic hydroxyl groups is 1. The molecule has 24 heavy (non-hydrogen) atoms. The Morgan fingerprint density at radius 1 is 1.25 bits per heavy atom. The van der Waals surface area contributed by atoms with E-state index in [1.165, 1.54) is 0 Å². The van der Waals surface area contributed by atoms with Crippen molar-refractivity contribution in [1.29, 1.82) is 0 Å². The highest BCUT2D eigenvalue weighted by molar-refractivity contribution is 7.99. The van der Waals surface area contributed by atoms with Crippen LogP contribution in [0.25, 0.3) is 0 Å². The fraction of sp³-hybridized carbons (Fsp3) is 0.316. The van der Waals surface area contributed by atoms with E-state index < -0.39 is 5.60 Å². The molecule has 126 valence electrons. The zero-order valence-corrected chi connectivity index (χ0v) is 14.4. The molecule has 0 radical (unpaired) electrons. The number of fused-ring (bicyclic) bond motifs is 1. The van der Waals surface area contributed by atoms with Crippen LogP contribution in [0, 0.1) is 0 Å². The van der Waals surface area contributed by atoms with E-state index in [9.17, 15) is 9.90 Å². The molecule has 3 rings (SSSR count). The number of benzene rings is 2. The zero-order valence-electron chi connectivity index (χ0n) is 13.6. The summed E-state index contributed by atoms with van der Waals surface area (Å²) in [5, 5.41) is 13.9. The molecule has 5 heteroatoms. The minimum atomic E-state index is -1.10. The summed E-state index contributed by atoms with van der Waals surface area (Å²) in [6.45, 7) is 2.66. The van der Waals surface area contributed by atoms with Crippen molar-refractivity contribution < 1.29 is 14.6 Å². The molecule has 0 fully saturated rings. The lowest BCUT2D eigenvalue weighted by Gasteiger charge is -2.34. The summed E-state index contributed by atoms with van der Waals surface area (Å²) in [6, 6.07) is 15.0. The first-order chi connectivity index (χ1) is 11.6. The lowest BCUT2D eigenvalue weighted by Crippen LogP contribution is -2.44. The molecule has 2 aromatic carbocycles. The van der Waals surface area contributed by atoms with Crippen molar-refractivity contribution in [2.45, 2.75) is 23.8 Å². The molecule has 0 saturated heterocycles. The van der Waals surface area contributed by atoms with E-state index in [4.69, 9.17) is 4.74 Å². The summed E-state index contributed by atoms with van der Waals surface area (Å²) in [5.74, 6) is 1.42. The monoisotopic (exact) mass is 343 g/mol. The average Bonchev–Trinajstić information content (AvgIpc) is 2.61. The predicted octanol–water partition coefficient (Wildman–Crippen LogP) is 3.20. The Morgan fingerprint density at radius 2 is 2.00 bits per heavy atom. The molecular formula is C19H21NO3S. The van der Waals surface area contributed by atoms with Gasteiger partial charge in [-0.25, -0.2) is 0 Å². The molecule has 0 bridgehead atoms. The van der Waals surface area contributed by atoms with E-state index in [2.05, 4.69) is 12.2 Å². The van der Waals surface area contributed by atoms with Crippen LogP contribution < -0.4 is 10.1 Å². The molecule has 1 aliphatic rings. The van der Waals surface area contributed by atoms with Gasteiger partial charge in [-0.2, -0.15) is 0 Å². The predicted molar refractivity (Wildman–Crippen MR) is 95.6 cm³/mol. The highest BCUT2D eigenvalue weighted by Gasteiger charge is 2.35. The van der Waals surface area contributed by atoms with Crippen LogP contribution in [-0.2, 0) is 5.60 Å². The Kier molecular flexibility index (Phi) is 5.11. The topological polar surface area (TPSA) is 58.6 Å². The Balaban J connectivity index is 1.76. The van der Waals surface area contributed by atoms with Gasteiger partial charge in [0.15, 0.2) is 0 Å². The zero-order chi connectivity index (χ0) is 17.0. The molecule has 1 heterocycles. The number of ether oxygens (including phenoxy) is 1. The number of carbonyl (C=O) groups excluding carboxylic acids is 1. The molecule has 4 nitrogen and oxygen atoms in total. The second kappa shape index (κ2) is 7.28. The molecule has 1 atom stereocenters. The quantitative estimate of drug-likeness (QED) is 0.819. The number of para-hydroxylation sites is 1. The van der Waals surface area contributed by atoms with Crippen LogP contribution in [0.5, 0.6) is 5.75 Å². The average molecular weight is 343 g/mol. The largest absolute Gasteiger partial charge is 0.493 e. The van der Waals surface area contributed by atoms with Crippen LogP contribution in [0.4, 0.5) is 0 Å². The number of rotatable bonds is 5. The molecule has 0 spiro atoms. The Hall–Kier alpha value is -1.98. The van der Waals surface area contributed by atoms with Crippen LogP contribution in [0.1, 0.15) is 29.3 Å². The van der Waals surface area contributed by atoms with Gasteiger partial charge in [-0.05, 0) is 24.0 Å². The van der Waals surface area contributed by atoms with Crippen molar-refractivity contribution in [3.63, 3.8) is 0 Å². The van der Waals surface area contributed by atoms with Gasteiger partial charge in [0.2, 0.25) is 0 Å². The maximum atomic E-state index is 12.6. The van der Waals surface area contributed by atoms with E-state index in [1.54, 1.807) is 11.8 Å². The molecule has 2 N–H and O–H groups in total. The highest BCUT2D eigenvalue weighted by Crippen LogP contribution is 2.36. The van der Waals surface area contributed by atoms with Gasteiger partial charge in [0.05, 0.1) is 18.7 Å². The summed E-state index contributed by atoms with van der Waals surface area (Å²) >= 11 is 1.64. The minimum absolute atomic E-state index is 0.163. The second-order valence-electron chi connectivity index (χ2n) is 5.74. The Morgan fingerprint density at radius 3 is 2.83 bits per heavy atom. The van der Waals surface area contributed by atoms with Crippen LogP contribution in [-0.4, -0.2) is 29.9 Å².